The average molecular weight is 348 g/mol. The zero-order valence-corrected chi connectivity index (χ0v) is 14.7. The summed E-state index contributed by atoms with van der Waals surface area (Å²) >= 11 is 1.10. The molecule has 0 aliphatic heterocycles. The summed E-state index contributed by atoms with van der Waals surface area (Å²) < 4.78 is 1.50. The summed E-state index contributed by atoms with van der Waals surface area (Å²) in [6.07, 6.45) is 7.66. The zero-order chi connectivity index (χ0) is 17.7. The van der Waals surface area contributed by atoms with E-state index in [1.54, 1.807) is 0 Å². The van der Waals surface area contributed by atoms with Crippen LogP contribution in [0.3, 0.4) is 0 Å². The van der Waals surface area contributed by atoms with Crippen LogP contribution in [0.5, 0.6) is 0 Å². The smallest absolute Gasteiger partial charge is 0.281 e. The van der Waals surface area contributed by atoms with Crippen molar-refractivity contribution in [2.75, 3.05) is 0 Å². The maximum atomic E-state index is 7.50. The van der Waals surface area contributed by atoms with E-state index in [1.165, 1.54) is 10.0 Å². The van der Waals surface area contributed by atoms with Gasteiger partial charge in [0, 0.05) is 0 Å². The predicted octanol–water partition coefficient (Wildman–Crippen LogP) is 3.89. The zero-order valence-electron chi connectivity index (χ0n) is 13.6. The van der Waals surface area contributed by atoms with E-state index in [0.717, 1.165) is 32.3 Å². The number of hydrogen-bond acceptors (Lipinski definition) is 2. The van der Waals surface area contributed by atoms with E-state index in [2.05, 4.69) is 88.7 Å². The van der Waals surface area contributed by atoms with E-state index in [0.29, 0.717) is 0 Å². The molecule has 1 aliphatic rings. The Morgan fingerprint density at radius 3 is 2.17 bits per heavy atom. The monoisotopic (exact) mass is 348 g/mol. The molecule has 0 aromatic heterocycles. The van der Waals surface area contributed by atoms with Crippen molar-refractivity contribution in [2.24, 2.45) is 0 Å². The first-order valence-corrected chi connectivity index (χ1v) is 8.31. The van der Waals surface area contributed by atoms with Crippen molar-refractivity contribution in [1.82, 2.24) is 0 Å². The minimum atomic E-state index is 0.216. The number of hydrogen-bond donors (Lipinski definition) is 0. The molecule has 0 atom stereocenters. The van der Waals surface area contributed by atoms with Gasteiger partial charge in [-0.15, -0.1) is 0 Å². The van der Waals surface area contributed by atoms with Gasteiger partial charge in [-0.25, -0.2) is 0 Å². The SMILES string of the molecule is CC(C)(C)c1ccc(C#C[CH2][Fe][C]2=CC=CC2)cc1.[C]=O.[C]=O. The molecule has 0 N–H and O–H groups in total. The molecule has 1 aliphatic carbocycles. The quantitative estimate of drug-likeness (QED) is 0.600. The molecule has 0 saturated carbocycles. The van der Waals surface area contributed by atoms with Gasteiger partial charge in [0.15, 0.2) is 0 Å². The minimum Gasteiger partial charge on any atom is -0.281 e. The van der Waals surface area contributed by atoms with Crippen LogP contribution in [-0.4, -0.2) is 13.6 Å². The molecule has 23 heavy (non-hydrogen) atoms. The van der Waals surface area contributed by atoms with Crippen LogP contribution in [0.25, 0.3) is 0 Å². The molecule has 0 unspecified atom stereocenters. The third kappa shape index (κ3) is 8.35. The van der Waals surface area contributed by atoms with Crippen LogP contribution < -0.4 is 0 Å². The Bertz CT molecular complexity index is 579. The van der Waals surface area contributed by atoms with Gasteiger partial charge in [-0.2, -0.15) is 0 Å². The van der Waals surface area contributed by atoms with E-state index in [9.17, 15) is 0 Å². The average Bonchev–Trinajstić information content (AvgIpc) is 3.08. The summed E-state index contributed by atoms with van der Waals surface area (Å²) in [4.78, 5) is 15.0. The van der Waals surface area contributed by atoms with Gasteiger partial charge in [0.25, 0.3) is 13.6 Å². The molecular weight excluding hydrogens is 328 g/mol. The van der Waals surface area contributed by atoms with E-state index in [-0.39, 0.29) is 5.41 Å². The van der Waals surface area contributed by atoms with Crippen molar-refractivity contribution in [2.45, 2.75) is 37.9 Å². The molecule has 0 saturated heterocycles. The molecule has 1 aromatic rings. The normalized spacial score (nSPS) is 12.0. The van der Waals surface area contributed by atoms with Gasteiger partial charge in [-0.3, -0.25) is 9.59 Å². The molecule has 120 valence electrons. The van der Waals surface area contributed by atoms with E-state index < -0.39 is 0 Å². The maximum absolute atomic E-state index is 7.50. The van der Waals surface area contributed by atoms with Crippen LogP contribution in [0.2, 0.25) is 5.32 Å². The molecule has 1 aromatic carbocycles. The summed E-state index contributed by atoms with van der Waals surface area (Å²) in [5, 5.41) is 0.953. The van der Waals surface area contributed by atoms with Gasteiger partial charge in [0.05, 0.1) is 0 Å². The van der Waals surface area contributed by atoms with Crippen LogP contribution >= 0.6 is 0 Å². The van der Waals surface area contributed by atoms with Crippen LogP contribution in [0.15, 0.2) is 47.0 Å². The van der Waals surface area contributed by atoms with Crippen LogP contribution in [0.4, 0.5) is 0 Å². The third-order valence-corrected chi connectivity index (χ3v) is 4.29. The summed E-state index contributed by atoms with van der Waals surface area (Å²) in [7, 11) is 0. The van der Waals surface area contributed by atoms with Crippen molar-refractivity contribution in [3.63, 3.8) is 0 Å². The molecule has 4 radical (unpaired) electrons. The fourth-order valence-electron chi connectivity index (χ4n) is 1.81. The molecular formula is C20H20FeO2. The van der Waals surface area contributed by atoms with Crippen molar-refractivity contribution < 1.29 is 24.5 Å². The number of allylic oxidation sites excluding steroid dienone is 4. The van der Waals surface area contributed by atoms with E-state index in [1.807, 2.05) is 0 Å². The first kappa shape index (κ1) is 21.1. The predicted molar refractivity (Wildman–Crippen MR) is 90.1 cm³/mol. The second kappa shape index (κ2) is 11.7. The first-order valence-electron chi connectivity index (χ1n) is 6.98. The standard InChI is InChI=1S/C13H15.C5H5.2CO.Fe/c1-5-6-11-7-9-12(10-8-11)13(2,3)4;1-2-4-5-3-1;2*1-2;/h7-10H,1H2,2-4H3;1-3H,4H2;;;. The van der Waals surface area contributed by atoms with Crippen molar-refractivity contribution in [3.05, 3.63) is 58.1 Å². The van der Waals surface area contributed by atoms with Gasteiger partial charge in [0.1, 0.15) is 0 Å². The molecule has 2 rings (SSSR count). The topological polar surface area (TPSA) is 34.1 Å². The van der Waals surface area contributed by atoms with Gasteiger partial charge in [-0.05, 0) is 0 Å². The molecule has 0 spiro atoms. The Morgan fingerprint density at radius 2 is 1.70 bits per heavy atom. The number of rotatable bonds is 2. The van der Waals surface area contributed by atoms with Crippen LogP contribution in [0, 0.1) is 11.8 Å². The van der Waals surface area contributed by atoms with Crippen molar-refractivity contribution in [1.29, 1.82) is 0 Å². The van der Waals surface area contributed by atoms with E-state index in [4.69, 9.17) is 9.59 Å². The fraction of sp³-hybridized carbons (Fsp3) is 0.300. The third-order valence-electron chi connectivity index (χ3n) is 2.99. The van der Waals surface area contributed by atoms with Gasteiger partial charge >= 0.3 is 123 Å². The van der Waals surface area contributed by atoms with Gasteiger partial charge in [-0.1, -0.05) is 0 Å². The second-order valence-corrected chi connectivity index (χ2v) is 7.10. The Kier molecular flexibility index (Phi) is 10.7. The molecule has 3 heteroatoms. The molecule has 0 fully saturated rings. The minimum absolute atomic E-state index is 0.216. The largest absolute Gasteiger partial charge is 0.281 e. The Labute approximate surface area is 146 Å². The van der Waals surface area contributed by atoms with Crippen LogP contribution in [-0.2, 0) is 30.0 Å². The summed E-state index contributed by atoms with van der Waals surface area (Å²) in [6, 6.07) is 8.63. The van der Waals surface area contributed by atoms with E-state index >= 15 is 0 Å². The summed E-state index contributed by atoms with van der Waals surface area (Å²) in [5.74, 6) is 6.52. The summed E-state index contributed by atoms with van der Waals surface area (Å²) in [6.45, 7) is 15.7. The number of benzene rings is 1. The first-order chi connectivity index (χ1) is 11.1. The van der Waals surface area contributed by atoms with Gasteiger partial charge in [0.2, 0.25) is 0 Å². The Balaban J connectivity index is 0.00000112. The Hall–Kier alpha value is -1.88. The molecule has 0 heterocycles. The fourth-order valence-corrected chi connectivity index (χ4v) is 2.78. The molecule has 2 nitrogen and oxygen atoms in total. The summed E-state index contributed by atoms with van der Waals surface area (Å²) in [5.41, 5.74) is 2.69. The molecule has 0 amide bonds. The van der Waals surface area contributed by atoms with Crippen molar-refractivity contribution in [3.8, 4) is 11.8 Å². The Morgan fingerprint density at radius 1 is 1.09 bits per heavy atom. The maximum Gasteiger partial charge on any atom is 0.281 e. The second-order valence-electron chi connectivity index (χ2n) is 5.61. The van der Waals surface area contributed by atoms with Crippen LogP contribution in [0.1, 0.15) is 38.3 Å². The number of carbonyl (C=O) groups excluding carboxylic acids is 2. The van der Waals surface area contributed by atoms with Crippen molar-refractivity contribution >= 4 is 13.6 Å². The van der Waals surface area contributed by atoms with Gasteiger partial charge < -0.3 is 0 Å². The molecule has 0 bridgehead atoms.